The summed E-state index contributed by atoms with van der Waals surface area (Å²) in [5.74, 6) is -4.10. The Morgan fingerprint density at radius 2 is 1.81 bits per heavy atom. The molecule has 1 amide bonds. The average Bonchev–Trinajstić information content (AvgIpc) is 3.57. The summed E-state index contributed by atoms with van der Waals surface area (Å²) in [6.07, 6.45) is 1.40. The molecule has 0 radical (unpaired) electrons. The molecule has 2 aromatic heterocycles. The lowest BCUT2D eigenvalue weighted by Crippen LogP contribution is -2.22. The van der Waals surface area contributed by atoms with Crippen molar-refractivity contribution in [3.8, 4) is 11.1 Å². The average molecular weight is 631 g/mol. The van der Waals surface area contributed by atoms with Gasteiger partial charge in [0, 0.05) is 44.1 Å². The number of hydrogen-bond acceptors (Lipinski definition) is 6. The van der Waals surface area contributed by atoms with Crippen LogP contribution >= 0.6 is 0 Å². The smallest absolute Gasteiger partial charge is 0.272 e. The molecular weight excluding hydrogens is 601 g/mol. The molecule has 9 nitrogen and oxygen atoms in total. The number of benzene rings is 3. The second-order valence-corrected chi connectivity index (χ2v) is 18.4. The highest BCUT2D eigenvalue weighted by atomic mass is 32.2. The monoisotopic (exact) mass is 630 g/mol. The minimum atomic E-state index is -4.34. The molecule has 0 aliphatic heterocycles. The number of nitrogens with one attached hydrogen (secondary N) is 2. The van der Waals surface area contributed by atoms with Crippen LogP contribution in [0.1, 0.15) is 10.5 Å². The van der Waals surface area contributed by atoms with Crippen molar-refractivity contribution in [1.29, 1.82) is 0 Å². The number of aromatic nitrogens is 2. The molecular formula is C29H29F3N4O5SSi. The van der Waals surface area contributed by atoms with E-state index in [0.29, 0.717) is 17.6 Å². The van der Waals surface area contributed by atoms with Crippen molar-refractivity contribution in [2.45, 2.75) is 37.3 Å². The molecule has 5 rings (SSSR count). The molecule has 226 valence electrons. The third kappa shape index (κ3) is 6.03. The van der Waals surface area contributed by atoms with E-state index in [9.17, 15) is 13.2 Å². The van der Waals surface area contributed by atoms with Crippen molar-refractivity contribution in [3.05, 3.63) is 77.9 Å². The summed E-state index contributed by atoms with van der Waals surface area (Å²) in [5.41, 5.74) is -1.86. The van der Waals surface area contributed by atoms with E-state index in [1.165, 1.54) is 37.6 Å². The molecule has 0 fully saturated rings. The fourth-order valence-corrected chi connectivity index (χ4v) is 6.35. The minimum Gasteiger partial charge on any atom is -0.464 e. The maximum Gasteiger partial charge on any atom is 0.272 e. The fraction of sp³-hybridized carbons (Fsp3) is 0.241. The predicted octanol–water partition coefficient (Wildman–Crippen LogP) is 6.34. The molecule has 0 saturated carbocycles. The molecule has 0 unspecified atom stereocenters. The van der Waals surface area contributed by atoms with Crippen molar-refractivity contribution < 1.29 is 35.5 Å². The summed E-state index contributed by atoms with van der Waals surface area (Å²) in [6.45, 7) is 6.69. The lowest BCUT2D eigenvalue weighted by Gasteiger charge is -2.16. The van der Waals surface area contributed by atoms with Gasteiger partial charge in [0.05, 0.1) is 22.4 Å². The highest BCUT2D eigenvalue weighted by Gasteiger charge is 2.27. The Balaban J connectivity index is 1.56. The summed E-state index contributed by atoms with van der Waals surface area (Å²) >= 11 is 0. The van der Waals surface area contributed by atoms with Crippen LogP contribution in [0.15, 0.2) is 64.1 Å². The molecule has 0 aliphatic carbocycles. The van der Waals surface area contributed by atoms with Gasteiger partial charge in [-0.2, -0.15) is 5.10 Å². The summed E-state index contributed by atoms with van der Waals surface area (Å²) in [5, 5.41) is 7.44. The Kier molecular flexibility index (Phi) is 8.11. The van der Waals surface area contributed by atoms with Gasteiger partial charge in [0.25, 0.3) is 15.9 Å². The third-order valence-electron chi connectivity index (χ3n) is 6.84. The first-order chi connectivity index (χ1) is 20.3. The van der Waals surface area contributed by atoms with Crippen molar-refractivity contribution >= 4 is 51.6 Å². The molecule has 0 atom stereocenters. The van der Waals surface area contributed by atoms with E-state index in [-0.39, 0.29) is 28.2 Å². The molecule has 0 aliphatic rings. The fourth-order valence-electron chi connectivity index (χ4n) is 4.52. The molecule has 0 saturated heterocycles. The lowest BCUT2D eigenvalue weighted by atomic mass is 10.0. The van der Waals surface area contributed by atoms with Crippen LogP contribution in [-0.4, -0.2) is 45.8 Å². The zero-order valence-corrected chi connectivity index (χ0v) is 25.6. The number of halogens is 3. The normalized spacial score (nSPS) is 12.3. The van der Waals surface area contributed by atoms with Gasteiger partial charge in [0.1, 0.15) is 23.6 Å². The standard InChI is InChI=1S/C29H29F3N4O5SSi/c1-33-29(37)27-20-8-7-19(25(31)28(20)36(34-27)16-40-13-14-43(2,3)4)24-21(30)9-10-22(26(24)32)35-42(38,39)18-6-5-17-11-12-41-23(17)15-18/h5-12,15,35H,13-14,16H2,1-4H3,(H,33,37). The van der Waals surface area contributed by atoms with Gasteiger partial charge < -0.3 is 14.5 Å². The molecule has 2 heterocycles. The maximum absolute atomic E-state index is 16.2. The van der Waals surface area contributed by atoms with Gasteiger partial charge in [-0.1, -0.05) is 25.7 Å². The van der Waals surface area contributed by atoms with Crippen LogP contribution in [0, 0.1) is 17.5 Å². The lowest BCUT2D eigenvalue weighted by molar-refractivity contribution is 0.0802. The molecule has 0 spiro atoms. The Labute approximate surface area is 246 Å². The topological polar surface area (TPSA) is 115 Å². The molecule has 14 heteroatoms. The molecule has 5 aromatic rings. The first kappa shape index (κ1) is 30.3. The van der Waals surface area contributed by atoms with E-state index in [4.69, 9.17) is 9.15 Å². The van der Waals surface area contributed by atoms with Gasteiger partial charge in [-0.05, 0) is 42.4 Å². The number of fused-ring (bicyclic) bond motifs is 2. The summed E-state index contributed by atoms with van der Waals surface area (Å²) in [6, 6.07) is 10.8. The van der Waals surface area contributed by atoms with Crippen molar-refractivity contribution in [2.75, 3.05) is 18.4 Å². The van der Waals surface area contributed by atoms with E-state index in [1.807, 2.05) is 0 Å². The zero-order valence-electron chi connectivity index (χ0n) is 23.8. The van der Waals surface area contributed by atoms with Crippen molar-refractivity contribution in [1.82, 2.24) is 15.1 Å². The van der Waals surface area contributed by atoms with Crippen LogP contribution in [0.25, 0.3) is 33.0 Å². The van der Waals surface area contributed by atoms with Gasteiger partial charge in [0.15, 0.2) is 17.3 Å². The van der Waals surface area contributed by atoms with Crippen LogP contribution in [0.4, 0.5) is 18.9 Å². The summed E-state index contributed by atoms with van der Waals surface area (Å²) in [4.78, 5) is 12.3. The van der Waals surface area contributed by atoms with Crippen molar-refractivity contribution in [2.24, 2.45) is 0 Å². The first-order valence-electron chi connectivity index (χ1n) is 13.3. The van der Waals surface area contributed by atoms with Crippen molar-refractivity contribution in [3.63, 3.8) is 0 Å². The van der Waals surface area contributed by atoms with E-state index < -0.39 is 58.3 Å². The van der Waals surface area contributed by atoms with E-state index in [2.05, 4.69) is 34.8 Å². The molecule has 2 N–H and O–H groups in total. The molecule has 3 aromatic carbocycles. The summed E-state index contributed by atoms with van der Waals surface area (Å²) < 4.78 is 87.5. The predicted molar refractivity (Wildman–Crippen MR) is 160 cm³/mol. The number of ether oxygens (including phenoxy) is 1. The third-order valence-corrected chi connectivity index (χ3v) is 9.91. The molecule has 0 bridgehead atoms. The quantitative estimate of drug-likeness (QED) is 0.138. The van der Waals surface area contributed by atoms with Crippen LogP contribution in [-0.2, 0) is 21.5 Å². The number of rotatable bonds is 10. The second-order valence-electron chi connectivity index (χ2n) is 11.1. The minimum absolute atomic E-state index is 0.0901. The number of nitrogens with zero attached hydrogens (tertiary/aromatic N) is 2. The Bertz CT molecular complexity index is 1970. The van der Waals surface area contributed by atoms with E-state index in [1.54, 1.807) is 6.07 Å². The maximum atomic E-state index is 16.2. The van der Waals surface area contributed by atoms with Crippen LogP contribution < -0.4 is 10.0 Å². The van der Waals surface area contributed by atoms with Crippen LogP contribution in [0.2, 0.25) is 25.7 Å². The van der Waals surface area contributed by atoms with Gasteiger partial charge in [-0.15, -0.1) is 0 Å². The Hall–Kier alpha value is -4.14. The van der Waals surface area contributed by atoms with Crippen LogP contribution in [0.3, 0.4) is 0 Å². The van der Waals surface area contributed by atoms with Crippen LogP contribution in [0.5, 0.6) is 0 Å². The van der Waals surface area contributed by atoms with Gasteiger partial charge in [0.2, 0.25) is 0 Å². The number of furan rings is 1. The van der Waals surface area contributed by atoms with E-state index in [0.717, 1.165) is 28.9 Å². The number of hydrogen-bond donors (Lipinski definition) is 2. The van der Waals surface area contributed by atoms with E-state index >= 15 is 13.2 Å². The largest absolute Gasteiger partial charge is 0.464 e. The first-order valence-corrected chi connectivity index (χ1v) is 18.5. The Morgan fingerprint density at radius 1 is 1.05 bits per heavy atom. The van der Waals surface area contributed by atoms with Gasteiger partial charge in [-0.25, -0.2) is 26.3 Å². The SMILES string of the molecule is CNC(=O)c1nn(COCC[Si](C)(C)C)c2c(F)c(-c3c(F)ccc(NS(=O)(=O)c4ccc5ccoc5c4)c3F)ccc12. The zero-order chi connectivity index (χ0) is 31.1. The highest BCUT2D eigenvalue weighted by molar-refractivity contribution is 7.92. The van der Waals surface area contributed by atoms with Gasteiger partial charge in [-0.3, -0.25) is 9.52 Å². The number of carbonyl (C=O) groups is 1. The highest BCUT2D eigenvalue weighted by Crippen LogP contribution is 2.37. The number of amides is 1. The Morgan fingerprint density at radius 3 is 2.53 bits per heavy atom. The van der Waals surface area contributed by atoms with Gasteiger partial charge >= 0.3 is 0 Å². The number of carbonyl (C=O) groups excluding carboxylic acids is 1. The molecule has 43 heavy (non-hydrogen) atoms. The second kappa shape index (κ2) is 11.5. The number of sulfonamides is 1. The number of anilines is 1. The summed E-state index contributed by atoms with van der Waals surface area (Å²) in [7, 11) is -4.37.